The molecule has 1 atom stereocenters. The van der Waals surface area contributed by atoms with E-state index in [2.05, 4.69) is 27.3 Å². The van der Waals surface area contributed by atoms with Crippen molar-refractivity contribution in [1.82, 2.24) is 9.88 Å². The Balaban J connectivity index is 1.48. The van der Waals surface area contributed by atoms with Gasteiger partial charge in [-0.25, -0.2) is 0 Å². The van der Waals surface area contributed by atoms with Crippen molar-refractivity contribution in [3.05, 3.63) is 60.3 Å². The number of carbonyl (C=O) groups excluding carboxylic acids is 1. The third-order valence-electron chi connectivity index (χ3n) is 5.89. The Hall–Kier alpha value is -3.85. The number of para-hydroxylation sites is 1. The summed E-state index contributed by atoms with van der Waals surface area (Å²) in [6, 6.07) is 14.5. The van der Waals surface area contributed by atoms with E-state index >= 15 is 0 Å². The average Bonchev–Trinajstić information content (AvgIpc) is 3.21. The molecule has 0 spiro atoms. The molecule has 0 bridgehead atoms. The molecular formula is C24H26N4O5. The van der Waals surface area contributed by atoms with Gasteiger partial charge in [-0.05, 0) is 24.3 Å². The predicted octanol–water partition coefficient (Wildman–Crippen LogP) is 2.92. The third kappa shape index (κ3) is 5.15. The number of fused-ring (bicyclic) bond motifs is 1. The summed E-state index contributed by atoms with van der Waals surface area (Å²) >= 11 is 0. The van der Waals surface area contributed by atoms with Crippen LogP contribution in [-0.2, 0) is 14.4 Å². The van der Waals surface area contributed by atoms with Crippen LogP contribution in [0, 0.1) is 0 Å². The number of carbonyl (C=O) groups is 3. The molecule has 0 aliphatic carbocycles. The summed E-state index contributed by atoms with van der Waals surface area (Å²) < 4.78 is 0. The van der Waals surface area contributed by atoms with Crippen LogP contribution < -0.4 is 10.2 Å². The largest absolute Gasteiger partial charge is 0.481 e. The van der Waals surface area contributed by atoms with Gasteiger partial charge in [-0.2, -0.15) is 0 Å². The first-order chi connectivity index (χ1) is 15.9. The van der Waals surface area contributed by atoms with E-state index < -0.39 is 18.0 Å². The molecule has 2 aromatic carbocycles. The number of rotatable bonds is 8. The van der Waals surface area contributed by atoms with E-state index in [1.807, 2.05) is 23.1 Å². The molecule has 3 aromatic rings. The minimum Gasteiger partial charge on any atom is -0.481 e. The number of amides is 1. The van der Waals surface area contributed by atoms with Crippen LogP contribution in [0.5, 0.6) is 0 Å². The van der Waals surface area contributed by atoms with Crippen LogP contribution in [0.1, 0.15) is 24.4 Å². The lowest BCUT2D eigenvalue weighted by molar-refractivity contribution is -0.143. The van der Waals surface area contributed by atoms with Crippen LogP contribution in [0.25, 0.3) is 10.9 Å². The highest BCUT2D eigenvalue weighted by Crippen LogP contribution is 2.31. The molecule has 1 aromatic heterocycles. The monoisotopic (exact) mass is 450 g/mol. The van der Waals surface area contributed by atoms with Gasteiger partial charge in [0.25, 0.3) is 0 Å². The topological polar surface area (TPSA) is 126 Å². The number of aromatic nitrogens is 1. The zero-order valence-electron chi connectivity index (χ0n) is 18.0. The maximum Gasteiger partial charge on any atom is 0.325 e. The Bertz CT molecular complexity index is 1150. The second-order valence-electron chi connectivity index (χ2n) is 8.05. The highest BCUT2D eigenvalue weighted by molar-refractivity contribution is 5.96. The molecule has 1 saturated heterocycles. The van der Waals surface area contributed by atoms with Gasteiger partial charge in [0, 0.05) is 66.6 Å². The van der Waals surface area contributed by atoms with Gasteiger partial charge in [-0.1, -0.05) is 24.3 Å². The van der Waals surface area contributed by atoms with Crippen LogP contribution in [0.4, 0.5) is 11.4 Å². The molecule has 9 nitrogen and oxygen atoms in total. The van der Waals surface area contributed by atoms with Gasteiger partial charge in [0.05, 0.1) is 6.42 Å². The number of nitrogens with one attached hydrogen (secondary N) is 2. The number of anilines is 2. The van der Waals surface area contributed by atoms with E-state index in [-0.39, 0.29) is 18.7 Å². The number of carboxylic acids is 2. The lowest BCUT2D eigenvalue weighted by Gasteiger charge is -2.38. The Kier molecular flexibility index (Phi) is 6.60. The Morgan fingerprint density at radius 2 is 1.70 bits per heavy atom. The molecule has 2 heterocycles. The summed E-state index contributed by atoms with van der Waals surface area (Å²) in [7, 11) is 0. The zero-order valence-corrected chi connectivity index (χ0v) is 18.0. The number of carboxylic acid groups (broad SMARTS) is 2. The van der Waals surface area contributed by atoms with E-state index in [1.54, 1.807) is 24.4 Å². The molecule has 0 unspecified atom stereocenters. The molecule has 9 heteroatoms. The fourth-order valence-electron chi connectivity index (χ4n) is 4.26. The number of hydrogen-bond acceptors (Lipinski definition) is 5. The average molecular weight is 450 g/mol. The molecule has 1 aliphatic heterocycles. The number of hydrogen-bond donors (Lipinski definition) is 4. The van der Waals surface area contributed by atoms with Crippen LogP contribution in [0.2, 0.25) is 0 Å². The normalized spacial score (nSPS) is 15.3. The standard InChI is InChI=1S/C24H26N4O5/c29-21(8-9-22(30)31)26-16-6-7-18-19(15-25-20(18)14-16)23(24(32)33)28-12-10-27(11-13-28)17-4-2-1-3-5-17/h1-7,14-15,23,25H,8-13H2,(H,26,29)(H,30,31)(H,32,33)/t23-/m0/s1. The number of piperazine rings is 1. The number of aromatic amines is 1. The molecule has 1 fully saturated rings. The second-order valence-corrected chi connectivity index (χ2v) is 8.05. The van der Waals surface area contributed by atoms with Crippen LogP contribution in [0.15, 0.2) is 54.7 Å². The Morgan fingerprint density at radius 3 is 2.36 bits per heavy atom. The van der Waals surface area contributed by atoms with Crippen LogP contribution >= 0.6 is 0 Å². The third-order valence-corrected chi connectivity index (χ3v) is 5.89. The molecule has 4 N–H and O–H groups in total. The van der Waals surface area contributed by atoms with Crippen molar-refractivity contribution in [3.63, 3.8) is 0 Å². The van der Waals surface area contributed by atoms with Crippen LogP contribution in [-0.4, -0.2) is 64.1 Å². The lowest BCUT2D eigenvalue weighted by atomic mass is 10.0. The quantitative estimate of drug-likeness (QED) is 0.416. The maximum atomic E-state index is 12.3. The fourth-order valence-corrected chi connectivity index (χ4v) is 4.26. The smallest absolute Gasteiger partial charge is 0.325 e. The number of aliphatic carboxylic acids is 2. The van der Waals surface area contributed by atoms with Crippen LogP contribution in [0.3, 0.4) is 0 Å². The molecule has 0 saturated carbocycles. The Morgan fingerprint density at radius 1 is 0.970 bits per heavy atom. The van der Waals surface area contributed by atoms with Crippen molar-refractivity contribution in [1.29, 1.82) is 0 Å². The van der Waals surface area contributed by atoms with E-state index in [0.717, 1.165) is 24.2 Å². The predicted molar refractivity (Wildman–Crippen MR) is 124 cm³/mol. The van der Waals surface area contributed by atoms with Gasteiger partial charge in [0.2, 0.25) is 5.91 Å². The van der Waals surface area contributed by atoms with Crippen molar-refractivity contribution in [2.45, 2.75) is 18.9 Å². The molecule has 4 rings (SSSR count). The maximum absolute atomic E-state index is 12.3. The second kappa shape index (κ2) is 9.74. The molecule has 0 radical (unpaired) electrons. The van der Waals surface area contributed by atoms with Crippen molar-refractivity contribution in [3.8, 4) is 0 Å². The summed E-state index contributed by atoms with van der Waals surface area (Å²) in [4.78, 5) is 42.2. The van der Waals surface area contributed by atoms with Gasteiger partial charge >= 0.3 is 11.9 Å². The Labute approximate surface area is 190 Å². The first-order valence-electron chi connectivity index (χ1n) is 10.8. The van der Waals surface area contributed by atoms with Gasteiger partial charge in [0.1, 0.15) is 6.04 Å². The van der Waals surface area contributed by atoms with Gasteiger partial charge < -0.3 is 25.4 Å². The fraction of sp³-hybridized carbons (Fsp3) is 0.292. The van der Waals surface area contributed by atoms with Crippen molar-refractivity contribution in [2.75, 3.05) is 36.4 Å². The zero-order chi connectivity index (χ0) is 23.4. The highest BCUT2D eigenvalue weighted by atomic mass is 16.4. The van der Waals surface area contributed by atoms with E-state index in [9.17, 15) is 19.5 Å². The van der Waals surface area contributed by atoms with Crippen molar-refractivity contribution < 1.29 is 24.6 Å². The molecule has 1 amide bonds. The van der Waals surface area contributed by atoms with Gasteiger partial charge in [0.15, 0.2) is 0 Å². The molecule has 1 aliphatic rings. The first-order valence-corrected chi connectivity index (χ1v) is 10.8. The van der Waals surface area contributed by atoms with Crippen molar-refractivity contribution in [2.24, 2.45) is 0 Å². The van der Waals surface area contributed by atoms with E-state index in [0.29, 0.717) is 29.9 Å². The lowest BCUT2D eigenvalue weighted by Crippen LogP contribution is -2.49. The summed E-state index contributed by atoms with van der Waals surface area (Å²) in [6.07, 6.45) is 1.36. The minimum atomic E-state index is -1.03. The SMILES string of the molecule is O=C(O)CCC(=O)Nc1ccc2c([C@@H](C(=O)O)N3CCN(c4ccccc4)CC3)c[nH]c2c1. The number of H-pyrrole nitrogens is 1. The first kappa shape index (κ1) is 22.3. The molecular weight excluding hydrogens is 424 g/mol. The van der Waals surface area contributed by atoms with Gasteiger partial charge in [-0.15, -0.1) is 0 Å². The minimum absolute atomic E-state index is 0.112. The van der Waals surface area contributed by atoms with Gasteiger partial charge in [-0.3, -0.25) is 19.3 Å². The van der Waals surface area contributed by atoms with E-state index in [4.69, 9.17) is 5.11 Å². The summed E-state index contributed by atoms with van der Waals surface area (Å²) in [5, 5.41) is 22.2. The summed E-state index contributed by atoms with van der Waals surface area (Å²) in [5.41, 5.74) is 3.04. The number of benzene rings is 2. The van der Waals surface area contributed by atoms with Crippen molar-refractivity contribution >= 4 is 40.1 Å². The number of nitrogens with zero attached hydrogens (tertiary/aromatic N) is 2. The molecule has 33 heavy (non-hydrogen) atoms. The molecule has 172 valence electrons. The summed E-state index contributed by atoms with van der Waals surface area (Å²) in [6.45, 7) is 2.72. The van der Waals surface area contributed by atoms with E-state index in [1.165, 1.54) is 0 Å². The summed E-state index contributed by atoms with van der Waals surface area (Å²) in [5.74, 6) is -2.32. The highest BCUT2D eigenvalue weighted by Gasteiger charge is 2.32.